The van der Waals surface area contributed by atoms with Crippen molar-refractivity contribution < 1.29 is 17.6 Å². The predicted octanol–water partition coefficient (Wildman–Crippen LogP) is 3.63. The number of aryl methyl sites for hydroxylation is 1. The molecule has 2 aromatic carbocycles. The van der Waals surface area contributed by atoms with E-state index in [1.165, 1.54) is 42.6 Å². The minimum atomic E-state index is -3.48. The molecule has 0 aliphatic carbocycles. The SMILES string of the molecule is CNS(=O)(=O)c1ccc(CCC(=O)NC(c2ccc(F)cc2)c2cccs2)cc1. The summed E-state index contributed by atoms with van der Waals surface area (Å²) in [7, 11) is -2.12. The molecule has 0 fully saturated rings. The van der Waals surface area contributed by atoms with Gasteiger partial charge in [0.2, 0.25) is 15.9 Å². The monoisotopic (exact) mass is 432 g/mol. The van der Waals surface area contributed by atoms with E-state index in [9.17, 15) is 17.6 Å². The summed E-state index contributed by atoms with van der Waals surface area (Å²) in [6.07, 6.45) is 0.730. The molecule has 8 heteroatoms. The van der Waals surface area contributed by atoms with Crippen LogP contribution >= 0.6 is 11.3 Å². The van der Waals surface area contributed by atoms with E-state index in [1.54, 1.807) is 24.3 Å². The van der Waals surface area contributed by atoms with E-state index in [0.717, 1.165) is 16.0 Å². The van der Waals surface area contributed by atoms with E-state index < -0.39 is 10.0 Å². The maximum atomic E-state index is 13.3. The second kappa shape index (κ2) is 9.30. The van der Waals surface area contributed by atoms with Crippen LogP contribution in [0.4, 0.5) is 4.39 Å². The van der Waals surface area contributed by atoms with Crippen LogP contribution in [0.1, 0.15) is 28.5 Å². The van der Waals surface area contributed by atoms with Gasteiger partial charge in [0.05, 0.1) is 10.9 Å². The lowest BCUT2D eigenvalue weighted by Gasteiger charge is -2.18. The van der Waals surface area contributed by atoms with Crippen molar-refractivity contribution in [2.24, 2.45) is 0 Å². The fraction of sp³-hybridized carbons (Fsp3) is 0.190. The van der Waals surface area contributed by atoms with Crippen LogP contribution in [0.5, 0.6) is 0 Å². The van der Waals surface area contributed by atoms with E-state index in [2.05, 4.69) is 10.0 Å². The number of hydrogen-bond donors (Lipinski definition) is 2. The smallest absolute Gasteiger partial charge is 0.240 e. The number of thiophene rings is 1. The number of benzene rings is 2. The Hall–Kier alpha value is -2.55. The fourth-order valence-corrected chi connectivity index (χ4v) is 4.41. The third-order valence-electron chi connectivity index (χ3n) is 4.48. The zero-order valence-corrected chi connectivity index (χ0v) is 17.4. The first-order valence-corrected chi connectivity index (χ1v) is 11.4. The van der Waals surface area contributed by atoms with Gasteiger partial charge in [-0.3, -0.25) is 4.79 Å². The first-order chi connectivity index (χ1) is 13.9. The lowest BCUT2D eigenvalue weighted by Crippen LogP contribution is -2.29. The first kappa shape index (κ1) is 21.2. The summed E-state index contributed by atoms with van der Waals surface area (Å²) < 4.78 is 39.1. The van der Waals surface area contributed by atoms with Crippen molar-refractivity contribution in [2.45, 2.75) is 23.8 Å². The molecule has 0 radical (unpaired) electrons. The maximum Gasteiger partial charge on any atom is 0.240 e. The standard InChI is InChI=1S/C21H21FN2O3S2/c1-23-29(26,27)18-11-4-15(5-12-18)6-13-20(25)24-21(19-3-2-14-28-19)16-7-9-17(22)10-8-16/h2-5,7-12,14,21,23H,6,13H2,1H3,(H,24,25). The summed E-state index contributed by atoms with van der Waals surface area (Å²) in [5, 5.41) is 4.94. The van der Waals surface area contributed by atoms with Gasteiger partial charge in [-0.25, -0.2) is 17.5 Å². The molecule has 3 aromatic rings. The van der Waals surface area contributed by atoms with Crippen molar-refractivity contribution in [1.29, 1.82) is 0 Å². The van der Waals surface area contributed by atoms with Crippen LogP contribution in [0.15, 0.2) is 70.9 Å². The van der Waals surface area contributed by atoms with Crippen LogP contribution in [-0.4, -0.2) is 21.4 Å². The van der Waals surface area contributed by atoms with Crippen LogP contribution in [0.2, 0.25) is 0 Å². The van der Waals surface area contributed by atoms with Crippen molar-refractivity contribution in [3.63, 3.8) is 0 Å². The largest absolute Gasteiger partial charge is 0.344 e. The number of carbonyl (C=O) groups excluding carboxylic acids is 1. The molecule has 29 heavy (non-hydrogen) atoms. The van der Waals surface area contributed by atoms with Crippen molar-refractivity contribution in [2.75, 3.05) is 7.05 Å². The molecule has 1 aromatic heterocycles. The quantitative estimate of drug-likeness (QED) is 0.571. The minimum Gasteiger partial charge on any atom is -0.344 e. The number of nitrogens with one attached hydrogen (secondary N) is 2. The number of halogens is 1. The lowest BCUT2D eigenvalue weighted by molar-refractivity contribution is -0.121. The first-order valence-electron chi connectivity index (χ1n) is 9.00. The average molecular weight is 433 g/mol. The number of amides is 1. The van der Waals surface area contributed by atoms with E-state index in [0.29, 0.717) is 6.42 Å². The third kappa shape index (κ3) is 5.50. The number of hydrogen-bond acceptors (Lipinski definition) is 4. The van der Waals surface area contributed by atoms with E-state index >= 15 is 0 Å². The molecule has 2 N–H and O–H groups in total. The highest BCUT2D eigenvalue weighted by Crippen LogP contribution is 2.26. The topological polar surface area (TPSA) is 75.3 Å². The highest BCUT2D eigenvalue weighted by atomic mass is 32.2. The molecule has 0 aliphatic rings. The van der Waals surface area contributed by atoms with Crippen LogP contribution in [0.3, 0.4) is 0 Å². The van der Waals surface area contributed by atoms with Crippen molar-refractivity contribution >= 4 is 27.3 Å². The molecular weight excluding hydrogens is 411 g/mol. The van der Waals surface area contributed by atoms with Gasteiger partial charge in [0.1, 0.15) is 5.82 Å². The summed E-state index contributed by atoms with van der Waals surface area (Å²) in [6.45, 7) is 0. The second-order valence-corrected chi connectivity index (χ2v) is 9.28. The van der Waals surface area contributed by atoms with Crippen molar-refractivity contribution in [3.05, 3.63) is 87.9 Å². The maximum absolute atomic E-state index is 13.3. The van der Waals surface area contributed by atoms with Gasteiger partial charge in [0.15, 0.2) is 0 Å². The van der Waals surface area contributed by atoms with E-state index in [1.807, 2.05) is 17.5 Å². The van der Waals surface area contributed by atoms with Gasteiger partial charge in [-0.05, 0) is 60.3 Å². The van der Waals surface area contributed by atoms with Crippen molar-refractivity contribution in [3.8, 4) is 0 Å². The third-order valence-corrected chi connectivity index (χ3v) is 6.85. The molecule has 152 valence electrons. The Kier molecular flexibility index (Phi) is 6.79. The van der Waals surface area contributed by atoms with Gasteiger partial charge >= 0.3 is 0 Å². The molecule has 0 spiro atoms. The summed E-state index contributed by atoms with van der Waals surface area (Å²) in [4.78, 5) is 13.7. The molecule has 1 amide bonds. The van der Waals surface area contributed by atoms with Crippen molar-refractivity contribution in [1.82, 2.24) is 10.0 Å². The molecule has 0 saturated heterocycles. The Morgan fingerprint density at radius 3 is 2.34 bits per heavy atom. The van der Waals surface area contributed by atoms with Gasteiger partial charge in [-0.1, -0.05) is 30.3 Å². The van der Waals surface area contributed by atoms with E-state index in [4.69, 9.17) is 0 Å². The summed E-state index contributed by atoms with van der Waals surface area (Å²) >= 11 is 1.52. The molecule has 1 atom stereocenters. The molecule has 1 heterocycles. The molecular formula is C21H21FN2O3S2. The fourth-order valence-electron chi connectivity index (χ4n) is 2.87. The van der Waals surface area contributed by atoms with Crippen LogP contribution in [0, 0.1) is 5.82 Å². The minimum absolute atomic E-state index is 0.139. The van der Waals surface area contributed by atoms with Gasteiger partial charge in [0.25, 0.3) is 0 Å². The molecule has 0 bridgehead atoms. The highest BCUT2D eigenvalue weighted by molar-refractivity contribution is 7.89. The van der Waals surface area contributed by atoms with Gasteiger partial charge in [-0.2, -0.15) is 0 Å². The Morgan fingerprint density at radius 2 is 1.76 bits per heavy atom. The summed E-state index contributed by atoms with van der Waals surface area (Å²) in [5.41, 5.74) is 1.67. The molecule has 1 unspecified atom stereocenters. The van der Waals surface area contributed by atoms with Crippen LogP contribution in [0.25, 0.3) is 0 Å². The van der Waals surface area contributed by atoms with Crippen LogP contribution < -0.4 is 10.0 Å². The molecule has 3 rings (SSSR count). The van der Waals surface area contributed by atoms with Crippen LogP contribution in [-0.2, 0) is 21.2 Å². The summed E-state index contributed by atoms with van der Waals surface area (Å²) in [6, 6.07) is 16.0. The highest BCUT2D eigenvalue weighted by Gasteiger charge is 2.18. The Bertz CT molecular complexity index is 1050. The second-order valence-electron chi connectivity index (χ2n) is 6.42. The van der Waals surface area contributed by atoms with Gasteiger partial charge < -0.3 is 5.32 Å². The predicted molar refractivity (Wildman–Crippen MR) is 112 cm³/mol. The Balaban J connectivity index is 1.66. The zero-order valence-electron chi connectivity index (χ0n) is 15.8. The molecule has 5 nitrogen and oxygen atoms in total. The molecule has 0 aliphatic heterocycles. The molecule has 0 saturated carbocycles. The number of sulfonamides is 1. The average Bonchev–Trinajstić information content (AvgIpc) is 3.26. The lowest BCUT2D eigenvalue weighted by atomic mass is 10.0. The number of carbonyl (C=O) groups is 1. The summed E-state index contributed by atoms with van der Waals surface area (Å²) in [5.74, 6) is -0.464. The van der Waals surface area contributed by atoms with Gasteiger partial charge in [0, 0.05) is 11.3 Å². The normalized spacial score (nSPS) is 12.5. The van der Waals surface area contributed by atoms with Gasteiger partial charge in [-0.15, -0.1) is 11.3 Å². The number of rotatable bonds is 8. The Labute approximate surface area is 173 Å². The van der Waals surface area contributed by atoms with E-state index in [-0.39, 0.29) is 29.1 Å². The Morgan fingerprint density at radius 1 is 1.07 bits per heavy atom. The zero-order chi connectivity index (χ0) is 20.9.